The highest BCUT2D eigenvalue weighted by Gasteiger charge is 2.11. The van der Waals surface area contributed by atoms with Gasteiger partial charge in [-0.2, -0.15) is 0 Å². The van der Waals surface area contributed by atoms with Crippen molar-refractivity contribution in [2.75, 3.05) is 34.9 Å². The summed E-state index contributed by atoms with van der Waals surface area (Å²) < 4.78 is 10.3. The molecule has 1 unspecified atom stereocenters. The SMILES string of the molecule is COc1cc(OC)cc(C(O)CCN(C)C)c1. The van der Waals surface area contributed by atoms with Crippen molar-refractivity contribution in [3.8, 4) is 11.5 Å². The maximum absolute atomic E-state index is 10.1. The van der Waals surface area contributed by atoms with Crippen molar-refractivity contribution in [1.82, 2.24) is 4.90 Å². The molecular weight excluding hydrogens is 218 g/mol. The molecule has 0 saturated heterocycles. The third-order valence-electron chi connectivity index (χ3n) is 2.61. The molecule has 0 aliphatic carbocycles. The Labute approximate surface area is 103 Å². The maximum Gasteiger partial charge on any atom is 0.122 e. The Morgan fingerprint density at radius 2 is 1.65 bits per heavy atom. The lowest BCUT2D eigenvalue weighted by Crippen LogP contribution is -2.15. The molecule has 0 aliphatic heterocycles. The Kier molecular flexibility index (Phi) is 5.25. The summed E-state index contributed by atoms with van der Waals surface area (Å²) in [6.45, 7) is 0.834. The Bertz CT molecular complexity index is 330. The Morgan fingerprint density at radius 3 is 2.06 bits per heavy atom. The molecule has 1 N–H and O–H groups in total. The molecule has 0 fully saturated rings. The molecule has 1 atom stereocenters. The molecule has 0 aromatic heterocycles. The van der Waals surface area contributed by atoms with Gasteiger partial charge >= 0.3 is 0 Å². The van der Waals surface area contributed by atoms with E-state index in [-0.39, 0.29) is 0 Å². The summed E-state index contributed by atoms with van der Waals surface area (Å²) in [6, 6.07) is 5.47. The number of aliphatic hydroxyl groups is 1. The van der Waals surface area contributed by atoms with E-state index in [2.05, 4.69) is 0 Å². The van der Waals surface area contributed by atoms with Crippen LogP contribution in [0.1, 0.15) is 18.1 Å². The second-order valence-corrected chi connectivity index (χ2v) is 4.25. The minimum absolute atomic E-state index is 0.499. The molecule has 1 rings (SSSR count). The predicted octanol–water partition coefficient (Wildman–Crippen LogP) is 1.69. The van der Waals surface area contributed by atoms with E-state index in [1.807, 2.05) is 31.1 Å². The van der Waals surface area contributed by atoms with Crippen molar-refractivity contribution >= 4 is 0 Å². The molecule has 17 heavy (non-hydrogen) atoms. The number of methoxy groups -OCH3 is 2. The molecule has 4 heteroatoms. The van der Waals surface area contributed by atoms with Crippen LogP contribution in [-0.4, -0.2) is 44.9 Å². The van der Waals surface area contributed by atoms with E-state index in [9.17, 15) is 5.11 Å². The third-order valence-corrected chi connectivity index (χ3v) is 2.61. The first-order valence-corrected chi connectivity index (χ1v) is 5.62. The van der Waals surface area contributed by atoms with Gasteiger partial charge in [0.25, 0.3) is 0 Å². The minimum atomic E-state index is -0.499. The lowest BCUT2D eigenvalue weighted by molar-refractivity contribution is 0.153. The molecule has 0 radical (unpaired) electrons. The minimum Gasteiger partial charge on any atom is -0.497 e. The highest BCUT2D eigenvalue weighted by atomic mass is 16.5. The maximum atomic E-state index is 10.1. The molecule has 0 bridgehead atoms. The number of aliphatic hydroxyl groups excluding tert-OH is 1. The van der Waals surface area contributed by atoms with Crippen LogP contribution >= 0.6 is 0 Å². The van der Waals surface area contributed by atoms with E-state index in [0.717, 1.165) is 12.1 Å². The van der Waals surface area contributed by atoms with Crippen molar-refractivity contribution < 1.29 is 14.6 Å². The Balaban J connectivity index is 2.80. The second kappa shape index (κ2) is 6.47. The van der Waals surface area contributed by atoms with Gasteiger partial charge < -0.3 is 19.5 Å². The van der Waals surface area contributed by atoms with E-state index in [1.54, 1.807) is 20.3 Å². The number of hydrogen-bond donors (Lipinski definition) is 1. The Hall–Kier alpha value is -1.26. The van der Waals surface area contributed by atoms with E-state index >= 15 is 0 Å². The van der Waals surface area contributed by atoms with E-state index in [0.29, 0.717) is 17.9 Å². The van der Waals surface area contributed by atoms with Gasteiger partial charge in [0.15, 0.2) is 0 Å². The van der Waals surface area contributed by atoms with E-state index in [4.69, 9.17) is 9.47 Å². The van der Waals surface area contributed by atoms with Crippen molar-refractivity contribution in [3.63, 3.8) is 0 Å². The smallest absolute Gasteiger partial charge is 0.122 e. The van der Waals surface area contributed by atoms with Crippen LogP contribution in [0.4, 0.5) is 0 Å². The summed E-state index contributed by atoms with van der Waals surface area (Å²) in [5.41, 5.74) is 0.822. The van der Waals surface area contributed by atoms with Crippen LogP contribution in [0.25, 0.3) is 0 Å². The monoisotopic (exact) mass is 239 g/mol. The highest BCUT2D eigenvalue weighted by Crippen LogP contribution is 2.27. The first-order chi connectivity index (χ1) is 8.06. The summed E-state index contributed by atoms with van der Waals surface area (Å²) in [7, 11) is 7.17. The lowest BCUT2D eigenvalue weighted by atomic mass is 10.1. The van der Waals surface area contributed by atoms with Gasteiger partial charge in [0, 0.05) is 12.6 Å². The van der Waals surface area contributed by atoms with Crippen LogP contribution < -0.4 is 9.47 Å². The third kappa shape index (κ3) is 4.24. The predicted molar refractivity (Wildman–Crippen MR) is 67.7 cm³/mol. The van der Waals surface area contributed by atoms with Gasteiger partial charge in [0.1, 0.15) is 11.5 Å². The zero-order valence-electron chi connectivity index (χ0n) is 10.9. The van der Waals surface area contributed by atoms with Crippen LogP contribution in [0.5, 0.6) is 11.5 Å². The molecule has 0 spiro atoms. The van der Waals surface area contributed by atoms with Crippen LogP contribution in [0.2, 0.25) is 0 Å². The molecule has 0 saturated carbocycles. The molecule has 1 aromatic carbocycles. The van der Waals surface area contributed by atoms with Crippen molar-refractivity contribution in [3.05, 3.63) is 23.8 Å². The van der Waals surface area contributed by atoms with Gasteiger partial charge in [-0.1, -0.05) is 0 Å². The summed E-state index contributed by atoms with van der Waals surface area (Å²) in [5.74, 6) is 1.39. The average molecular weight is 239 g/mol. The fourth-order valence-electron chi connectivity index (χ4n) is 1.57. The molecule has 0 aliphatic rings. The van der Waals surface area contributed by atoms with Crippen LogP contribution in [0.3, 0.4) is 0 Å². The molecule has 1 aromatic rings. The van der Waals surface area contributed by atoms with Gasteiger partial charge in [0.2, 0.25) is 0 Å². The molecular formula is C13H21NO3. The molecule has 0 heterocycles. The van der Waals surface area contributed by atoms with Gasteiger partial charge in [-0.05, 0) is 38.2 Å². The highest BCUT2D eigenvalue weighted by molar-refractivity contribution is 5.39. The number of hydrogen-bond acceptors (Lipinski definition) is 4. The zero-order valence-corrected chi connectivity index (χ0v) is 10.9. The van der Waals surface area contributed by atoms with Gasteiger partial charge in [0.05, 0.1) is 20.3 Å². The van der Waals surface area contributed by atoms with Gasteiger partial charge in [-0.25, -0.2) is 0 Å². The fraction of sp³-hybridized carbons (Fsp3) is 0.538. The van der Waals surface area contributed by atoms with Gasteiger partial charge in [-0.3, -0.25) is 0 Å². The number of ether oxygens (including phenoxy) is 2. The summed E-state index contributed by atoms with van der Waals surface area (Å²) in [4.78, 5) is 2.04. The van der Waals surface area contributed by atoms with Crippen LogP contribution in [-0.2, 0) is 0 Å². The standard InChI is InChI=1S/C13H21NO3/c1-14(2)6-5-13(15)10-7-11(16-3)9-12(8-10)17-4/h7-9,13,15H,5-6H2,1-4H3. The molecule has 96 valence electrons. The van der Waals surface area contributed by atoms with Crippen LogP contribution in [0, 0.1) is 0 Å². The lowest BCUT2D eigenvalue weighted by Gasteiger charge is -2.16. The number of rotatable bonds is 6. The topological polar surface area (TPSA) is 41.9 Å². The summed E-state index contributed by atoms with van der Waals surface area (Å²) in [5, 5.41) is 10.1. The summed E-state index contributed by atoms with van der Waals surface area (Å²) in [6.07, 6.45) is 0.185. The van der Waals surface area contributed by atoms with Crippen molar-refractivity contribution in [2.45, 2.75) is 12.5 Å². The molecule has 0 amide bonds. The number of nitrogens with zero attached hydrogens (tertiary/aromatic N) is 1. The van der Waals surface area contributed by atoms with Crippen molar-refractivity contribution in [2.24, 2.45) is 0 Å². The first kappa shape index (κ1) is 13.8. The molecule has 4 nitrogen and oxygen atoms in total. The average Bonchev–Trinajstić information content (AvgIpc) is 2.34. The van der Waals surface area contributed by atoms with Crippen molar-refractivity contribution in [1.29, 1.82) is 0 Å². The fourth-order valence-corrected chi connectivity index (χ4v) is 1.57. The quantitative estimate of drug-likeness (QED) is 0.820. The zero-order chi connectivity index (χ0) is 12.8. The largest absolute Gasteiger partial charge is 0.497 e. The first-order valence-electron chi connectivity index (χ1n) is 5.62. The van der Waals surface area contributed by atoms with E-state index < -0.39 is 6.10 Å². The van der Waals surface area contributed by atoms with Gasteiger partial charge in [-0.15, -0.1) is 0 Å². The van der Waals surface area contributed by atoms with Crippen LogP contribution in [0.15, 0.2) is 18.2 Å². The Morgan fingerprint density at radius 1 is 1.12 bits per heavy atom. The van der Waals surface area contributed by atoms with E-state index in [1.165, 1.54) is 0 Å². The number of benzene rings is 1. The normalized spacial score (nSPS) is 12.6. The summed E-state index contributed by atoms with van der Waals surface area (Å²) >= 11 is 0. The second-order valence-electron chi connectivity index (χ2n) is 4.25.